The lowest BCUT2D eigenvalue weighted by atomic mass is 9.96. The SMILES string of the molecule is C/C=C(\C=C(\C)C(=O)C(C)CC)c1nc2cc(CN)ccc2n1C(C)COC. The summed E-state index contributed by atoms with van der Waals surface area (Å²) in [7, 11) is 1.70. The lowest BCUT2D eigenvalue weighted by molar-refractivity contribution is -0.118. The molecular formula is C23H33N3O2. The maximum absolute atomic E-state index is 12.6. The number of nitrogens with zero attached hydrogens (tertiary/aromatic N) is 2. The number of methoxy groups -OCH3 is 1. The monoisotopic (exact) mass is 383 g/mol. The molecule has 28 heavy (non-hydrogen) atoms. The van der Waals surface area contributed by atoms with Gasteiger partial charge in [-0.15, -0.1) is 0 Å². The van der Waals surface area contributed by atoms with Crippen molar-refractivity contribution in [1.29, 1.82) is 0 Å². The number of Topliss-reactive ketones (excluding diaryl/α,β-unsaturated/α-hetero) is 1. The normalized spacial score (nSPS) is 15.1. The summed E-state index contributed by atoms with van der Waals surface area (Å²) >= 11 is 0. The van der Waals surface area contributed by atoms with Crippen LogP contribution in [-0.2, 0) is 16.1 Å². The first-order valence-electron chi connectivity index (χ1n) is 9.96. The van der Waals surface area contributed by atoms with Crippen LogP contribution in [0.5, 0.6) is 0 Å². The van der Waals surface area contributed by atoms with Crippen LogP contribution in [-0.4, -0.2) is 29.1 Å². The van der Waals surface area contributed by atoms with Gasteiger partial charge in [0, 0.05) is 25.1 Å². The minimum absolute atomic E-state index is 0.0210. The predicted octanol–water partition coefficient (Wildman–Crippen LogP) is 4.67. The number of carbonyl (C=O) groups is 1. The summed E-state index contributed by atoms with van der Waals surface area (Å²) in [6.45, 7) is 11.0. The predicted molar refractivity (Wildman–Crippen MR) is 116 cm³/mol. The summed E-state index contributed by atoms with van der Waals surface area (Å²) in [4.78, 5) is 17.5. The number of rotatable bonds is 9. The van der Waals surface area contributed by atoms with Crippen LogP contribution in [0.3, 0.4) is 0 Å². The van der Waals surface area contributed by atoms with Crippen LogP contribution in [0, 0.1) is 5.92 Å². The van der Waals surface area contributed by atoms with Gasteiger partial charge in [0.25, 0.3) is 0 Å². The zero-order valence-corrected chi connectivity index (χ0v) is 18.0. The van der Waals surface area contributed by atoms with Gasteiger partial charge in [-0.25, -0.2) is 4.98 Å². The molecule has 5 heteroatoms. The van der Waals surface area contributed by atoms with Gasteiger partial charge in [0.2, 0.25) is 0 Å². The molecule has 0 bridgehead atoms. The van der Waals surface area contributed by atoms with Gasteiger partial charge in [0.1, 0.15) is 5.82 Å². The van der Waals surface area contributed by atoms with Crippen LogP contribution in [0.15, 0.2) is 35.9 Å². The highest BCUT2D eigenvalue weighted by molar-refractivity contribution is 5.99. The molecular weight excluding hydrogens is 350 g/mol. The Morgan fingerprint density at radius 3 is 2.64 bits per heavy atom. The summed E-state index contributed by atoms with van der Waals surface area (Å²) in [6, 6.07) is 6.23. The molecule has 0 fully saturated rings. The fourth-order valence-electron chi connectivity index (χ4n) is 3.39. The zero-order valence-electron chi connectivity index (χ0n) is 18.0. The molecule has 0 aliphatic carbocycles. The van der Waals surface area contributed by atoms with Crippen molar-refractivity contribution in [2.24, 2.45) is 11.7 Å². The average Bonchev–Trinajstić information content (AvgIpc) is 3.08. The van der Waals surface area contributed by atoms with Crippen LogP contribution in [0.25, 0.3) is 16.6 Å². The zero-order chi connectivity index (χ0) is 20.8. The quantitative estimate of drug-likeness (QED) is 0.505. The van der Waals surface area contributed by atoms with Crippen LogP contribution < -0.4 is 5.73 Å². The van der Waals surface area contributed by atoms with Crippen LogP contribution in [0.2, 0.25) is 0 Å². The van der Waals surface area contributed by atoms with E-state index in [9.17, 15) is 4.79 Å². The first kappa shape index (κ1) is 22.1. The molecule has 0 saturated heterocycles. The summed E-state index contributed by atoms with van der Waals surface area (Å²) in [5, 5.41) is 0. The van der Waals surface area contributed by atoms with Crippen molar-refractivity contribution >= 4 is 22.4 Å². The lowest BCUT2D eigenvalue weighted by Gasteiger charge is -2.18. The average molecular weight is 384 g/mol. The maximum atomic E-state index is 12.6. The van der Waals surface area contributed by atoms with Gasteiger partial charge < -0.3 is 15.0 Å². The molecule has 2 unspecified atom stereocenters. The third-order valence-electron chi connectivity index (χ3n) is 5.23. The van der Waals surface area contributed by atoms with Gasteiger partial charge in [0.05, 0.1) is 23.7 Å². The summed E-state index contributed by atoms with van der Waals surface area (Å²) in [5.41, 5.74) is 10.5. The summed E-state index contributed by atoms with van der Waals surface area (Å²) in [6.07, 6.45) is 4.80. The van der Waals surface area contributed by atoms with Gasteiger partial charge in [-0.05, 0) is 56.5 Å². The molecule has 2 aromatic rings. The van der Waals surface area contributed by atoms with Gasteiger partial charge in [-0.1, -0.05) is 26.0 Å². The second-order valence-corrected chi connectivity index (χ2v) is 7.38. The number of carbonyl (C=O) groups excluding carboxylic acids is 1. The van der Waals surface area contributed by atoms with E-state index < -0.39 is 0 Å². The first-order valence-corrected chi connectivity index (χ1v) is 9.96. The maximum Gasteiger partial charge on any atom is 0.161 e. The number of allylic oxidation sites excluding steroid dienone is 4. The summed E-state index contributed by atoms with van der Waals surface area (Å²) < 4.78 is 7.58. The third-order valence-corrected chi connectivity index (χ3v) is 5.23. The number of ketones is 1. The molecule has 0 saturated carbocycles. The van der Waals surface area contributed by atoms with Gasteiger partial charge in [0.15, 0.2) is 5.78 Å². The van der Waals surface area contributed by atoms with E-state index in [1.807, 2.05) is 52.0 Å². The van der Waals surface area contributed by atoms with E-state index in [-0.39, 0.29) is 17.7 Å². The topological polar surface area (TPSA) is 70.1 Å². The third kappa shape index (κ3) is 4.59. The van der Waals surface area contributed by atoms with Crippen molar-refractivity contribution in [2.75, 3.05) is 13.7 Å². The molecule has 0 radical (unpaired) electrons. The molecule has 0 aliphatic rings. The highest BCUT2D eigenvalue weighted by Crippen LogP contribution is 2.28. The fraction of sp³-hybridized carbons (Fsp3) is 0.478. The van der Waals surface area contributed by atoms with E-state index in [1.54, 1.807) is 7.11 Å². The van der Waals surface area contributed by atoms with E-state index in [0.29, 0.717) is 13.2 Å². The number of benzene rings is 1. The molecule has 2 N–H and O–H groups in total. The van der Waals surface area contributed by atoms with Crippen LogP contribution >= 0.6 is 0 Å². The Morgan fingerprint density at radius 1 is 1.36 bits per heavy atom. The van der Waals surface area contributed by atoms with Crippen LogP contribution in [0.4, 0.5) is 0 Å². The Bertz CT molecular complexity index is 893. The Hall–Kier alpha value is -2.24. The number of fused-ring (bicyclic) bond motifs is 1. The van der Waals surface area contributed by atoms with Crippen molar-refractivity contribution in [3.63, 3.8) is 0 Å². The van der Waals surface area contributed by atoms with Gasteiger partial charge in [-0.3, -0.25) is 4.79 Å². The minimum atomic E-state index is 0.0210. The fourth-order valence-corrected chi connectivity index (χ4v) is 3.39. The molecule has 1 aromatic heterocycles. The second-order valence-electron chi connectivity index (χ2n) is 7.38. The molecule has 0 aliphatic heterocycles. The van der Waals surface area contributed by atoms with E-state index in [0.717, 1.165) is 40.0 Å². The Balaban J connectivity index is 2.62. The first-order chi connectivity index (χ1) is 13.4. The molecule has 1 aromatic carbocycles. The van der Waals surface area contributed by atoms with E-state index in [2.05, 4.69) is 17.6 Å². The molecule has 2 rings (SSSR count). The highest BCUT2D eigenvalue weighted by atomic mass is 16.5. The van der Waals surface area contributed by atoms with Crippen molar-refractivity contribution in [3.05, 3.63) is 47.3 Å². The number of ether oxygens (including phenoxy) is 1. The summed E-state index contributed by atoms with van der Waals surface area (Å²) in [5.74, 6) is 1.04. The number of nitrogens with two attached hydrogens (primary N) is 1. The van der Waals surface area contributed by atoms with Crippen molar-refractivity contribution in [1.82, 2.24) is 9.55 Å². The van der Waals surface area contributed by atoms with E-state index in [4.69, 9.17) is 15.5 Å². The molecule has 1 heterocycles. The van der Waals surface area contributed by atoms with Crippen molar-refractivity contribution in [2.45, 2.75) is 53.6 Å². The highest BCUT2D eigenvalue weighted by Gasteiger charge is 2.19. The molecule has 0 spiro atoms. The minimum Gasteiger partial charge on any atom is -0.383 e. The number of imidazole rings is 1. The molecule has 0 amide bonds. The Kier molecular flexibility index (Phi) is 7.72. The van der Waals surface area contributed by atoms with E-state index >= 15 is 0 Å². The Morgan fingerprint density at radius 2 is 2.07 bits per heavy atom. The molecule has 152 valence electrons. The van der Waals surface area contributed by atoms with E-state index in [1.165, 1.54) is 0 Å². The number of hydrogen-bond donors (Lipinski definition) is 1. The number of aromatic nitrogens is 2. The van der Waals surface area contributed by atoms with Gasteiger partial charge >= 0.3 is 0 Å². The molecule has 5 nitrogen and oxygen atoms in total. The van der Waals surface area contributed by atoms with Crippen molar-refractivity contribution < 1.29 is 9.53 Å². The largest absolute Gasteiger partial charge is 0.383 e. The van der Waals surface area contributed by atoms with Gasteiger partial charge in [-0.2, -0.15) is 0 Å². The lowest BCUT2D eigenvalue weighted by Crippen LogP contribution is -2.14. The number of hydrogen-bond acceptors (Lipinski definition) is 4. The standard InChI is InChI=1S/C23H33N3O2/c1-7-15(3)22(27)16(4)11-19(8-2)23-25-20-12-18(13-24)9-10-21(20)26(23)17(5)14-28-6/h8-12,15,17H,7,13-14,24H2,1-6H3/b16-11-,19-8+. The second kappa shape index (κ2) is 9.80. The van der Waals surface area contributed by atoms with Crippen molar-refractivity contribution in [3.8, 4) is 0 Å². The molecule has 2 atom stereocenters. The smallest absolute Gasteiger partial charge is 0.161 e. The van der Waals surface area contributed by atoms with Crippen LogP contribution in [0.1, 0.15) is 58.5 Å². The Labute approximate surface area is 168 Å².